The first-order valence-corrected chi connectivity index (χ1v) is 9.24. The Bertz CT molecular complexity index is 391. The van der Waals surface area contributed by atoms with Crippen molar-refractivity contribution in [2.75, 3.05) is 0 Å². The van der Waals surface area contributed by atoms with Crippen LogP contribution in [0.15, 0.2) is 0 Å². The van der Waals surface area contributed by atoms with Crippen molar-refractivity contribution >= 4 is 0 Å². The summed E-state index contributed by atoms with van der Waals surface area (Å²) in [7, 11) is 0. The highest BCUT2D eigenvalue weighted by Crippen LogP contribution is 2.66. The van der Waals surface area contributed by atoms with Crippen LogP contribution in [0, 0.1) is 34.5 Å². The van der Waals surface area contributed by atoms with E-state index in [0.29, 0.717) is 5.41 Å². The maximum absolute atomic E-state index is 10.5. The maximum Gasteiger partial charge on any atom is 0.0596 e. The van der Waals surface area contributed by atoms with Crippen LogP contribution in [0.1, 0.15) is 78.1 Å². The average molecular weight is 276 g/mol. The van der Waals surface area contributed by atoms with Crippen molar-refractivity contribution in [2.45, 2.75) is 84.2 Å². The fourth-order valence-electron chi connectivity index (χ4n) is 7.27. The van der Waals surface area contributed by atoms with E-state index in [1.165, 1.54) is 57.8 Å². The molecule has 1 N–H and O–H groups in total. The molecule has 4 saturated carbocycles. The average Bonchev–Trinajstić information content (AvgIpc) is 2.74. The van der Waals surface area contributed by atoms with E-state index in [0.717, 1.165) is 30.1 Å². The molecule has 0 unspecified atom stereocenters. The van der Waals surface area contributed by atoms with Crippen LogP contribution in [0.2, 0.25) is 0 Å². The fourth-order valence-corrected chi connectivity index (χ4v) is 7.27. The van der Waals surface area contributed by atoms with Crippen molar-refractivity contribution in [3.8, 4) is 0 Å². The summed E-state index contributed by atoms with van der Waals surface area (Å²) in [5.74, 6) is 3.76. The van der Waals surface area contributed by atoms with E-state index in [1.54, 1.807) is 0 Å². The van der Waals surface area contributed by atoms with Crippen molar-refractivity contribution in [1.82, 2.24) is 0 Å². The van der Waals surface area contributed by atoms with Gasteiger partial charge in [0.15, 0.2) is 0 Å². The third kappa shape index (κ3) is 1.65. The molecular weight excluding hydrogens is 244 g/mol. The monoisotopic (exact) mass is 276 g/mol. The molecule has 4 aliphatic rings. The smallest absolute Gasteiger partial charge is 0.0596 e. The van der Waals surface area contributed by atoms with Gasteiger partial charge in [0, 0.05) is 0 Å². The van der Waals surface area contributed by atoms with Crippen molar-refractivity contribution < 1.29 is 5.11 Å². The van der Waals surface area contributed by atoms with Gasteiger partial charge in [-0.25, -0.2) is 0 Å². The highest BCUT2D eigenvalue weighted by Gasteiger charge is 2.59. The fraction of sp³-hybridized carbons (Fsp3) is 1.00. The lowest BCUT2D eigenvalue weighted by molar-refractivity contribution is -0.120. The Hall–Kier alpha value is -0.0400. The van der Waals surface area contributed by atoms with E-state index in [-0.39, 0.29) is 11.5 Å². The minimum Gasteiger partial charge on any atom is -0.393 e. The third-order valence-electron chi connectivity index (χ3n) is 8.53. The summed E-state index contributed by atoms with van der Waals surface area (Å²) < 4.78 is 0. The van der Waals surface area contributed by atoms with Crippen molar-refractivity contribution in [3.05, 3.63) is 0 Å². The van der Waals surface area contributed by atoms with Crippen LogP contribution in [0.5, 0.6) is 0 Å². The number of fused-ring (bicyclic) bond motifs is 5. The minimum atomic E-state index is -0.00895. The van der Waals surface area contributed by atoms with Gasteiger partial charge < -0.3 is 5.11 Å². The van der Waals surface area contributed by atoms with Gasteiger partial charge in [-0.15, -0.1) is 0 Å². The summed E-state index contributed by atoms with van der Waals surface area (Å²) >= 11 is 0. The van der Waals surface area contributed by atoms with Crippen LogP contribution in [0.4, 0.5) is 0 Å². The molecule has 0 heterocycles. The quantitative estimate of drug-likeness (QED) is 0.675. The van der Waals surface area contributed by atoms with Crippen LogP contribution >= 0.6 is 0 Å². The predicted octanol–water partition coefficient (Wildman–Crippen LogP) is 4.78. The molecule has 1 heteroatoms. The van der Waals surface area contributed by atoms with Gasteiger partial charge in [-0.3, -0.25) is 0 Å². The van der Waals surface area contributed by atoms with Gasteiger partial charge in [0.05, 0.1) is 6.10 Å². The zero-order valence-corrected chi connectivity index (χ0v) is 13.4. The normalized spacial score (nSPS) is 58.6. The predicted molar refractivity (Wildman–Crippen MR) is 82.4 cm³/mol. The molecule has 114 valence electrons. The van der Waals surface area contributed by atoms with Crippen LogP contribution < -0.4 is 0 Å². The number of hydrogen-bond acceptors (Lipinski definition) is 1. The summed E-state index contributed by atoms with van der Waals surface area (Å²) in [5.41, 5.74) is 0.912. The lowest BCUT2D eigenvalue weighted by Crippen LogP contribution is -2.53. The highest BCUT2D eigenvalue weighted by molar-refractivity contribution is 5.08. The maximum atomic E-state index is 10.5. The molecule has 4 aliphatic carbocycles. The zero-order valence-electron chi connectivity index (χ0n) is 13.4. The summed E-state index contributed by atoms with van der Waals surface area (Å²) in [4.78, 5) is 0. The molecule has 0 amide bonds. The molecule has 0 spiro atoms. The summed E-state index contributed by atoms with van der Waals surface area (Å²) in [6, 6.07) is 0. The second kappa shape index (κ2) is 4.48. The standard InChI is InChI=1S/C19H32O/c1-18-11-4-3-5-13(18)6-7-14-15-8-9-17(20)19(15,2)12-10-16(14)18/h13-17,20H,3-12H2,1-2H3/t13-,14+,15+,16+,17+,18+,19+/m0/s1. The van der Waals surface area contributed by atoms with Gasteiger partial charge in [0.1, 0.15) is 0 Å². The Kier molecular flexibility index (Phi) is 3.05. The third-order valence-corrected chi connectivity index (χ3v) is 8.53. The van der Waals surface area contributed by atoms with E-state index in [2.05, 4.69) is 13.8 Å². The van der Waals surface area contributed by atoms with Gasteiger partial charge in [0.25, 0.3) is 0 Å². The van der Waals surface area contributed by atoms with E-state index in [9.17, 15) is 5.11 Å². The SMILES string of the molecule is C[C@@]12CC[C@@H]3[C@H](CC[C@@H]4CCCC[C@]43C)[C@H]1CC[C@H]2O. The first kappa shape index (κ1) is 13.6. The summed E-state index contributed by atoms with van der Waals surface area (Å²) in [6.07, 6.45) is 14.0. The Morgan fingerprint density at radius 2 is 1.55 bits per heavy atom. The Morgan fingerprint density at radius 3 is 2.40 bits per heavy atom. The Labute approximate surface area is 124 Å². The molecule has 1 nitrogen and oxygen atoms in total. The van der Waals surface area contributed by atoms with Gasteiger partial charge in [-0.1, -0.05) is 26.7 Å². The topological polar surface area (TPSA) is 20.2 Å². The summed E-state index contributed by atoms with van der Waals surface area (Å²) in [6.45, 7) is 5.04. The van der Waals surface area contributed by atoms with Crippen LogP contribution in [-0.4, -0.2) is 11.2 Å². The Balaban J connectivity index is 1.64. The Morgan fingerprint density at radius 1 is 0.750 bits per heavy atom. The first-order valence-electron chi connectivity index (χ1n) is 9.24. The van der Waals surface area contributed by atoms with Crippen molar-refractivity contribution in [2.24, 2.45) is 34.5 Å². The molecule has 0 bridgehead atoms. The lowest BCUT2D eigenvalue weighted by Gasteiger charge is -2.60. The molecule has 0 aliphatic heterocycles. The van der Waals surface area contributed by atoms with E-state index >= 15 is 0 Å². The molecule has 0 radical (unpaired) electrons. The molecular formula is C19H32O. The van der Waals surface area contributed by atoms with Crippen LogP contribution in [0.25, 0.3) is 0 Å². The molecule has 7 atom stereocenters. The second-order valence-corrected chi connectivity index (χ2v) is 9.04. The number of hydrogen-bond donors (Lipinski definition) is 1. The first-order chi connectivity index (χ1) is 9.56. The van der Waals surface area contributed by atoms with E-state index < -0.39 is 0 Å². The lowest BCUT2D eigenvalue weighted by atomic mass is 9.45. The van der Waals surface area contributed by atoms with Crippen molar-refractivity contribution in [3.63, 3.8) is 0 Å². The minimum absolute atomic E-state index is 0.00895. The molecule has 0 aromatic rings. The summed E-state index contributed by atoms with van der Waals surface area (Å²) in [5, 5.41) is 10.5. The van der Waals surface area contributed by atoms with Gasteiger partial charge in [0.2, 0.25) is 0 Å². The second-order valence-electron chi connectivity index (χ2n) is 9.04. The van der Waals surface area contributed by atoms with Crippen LogP contribution in [0.3, 0.4) is 0 Å². The van der Waals surface area contributed by atoms with Gasteiger partial charge >= 0.3 is 0 Å². The molecule has 0 aromatic heterocycles. The van der Waals surface area contributed by atoms with Crippen molar-refractivity contribution in [1.29, 1.82) is 0 Å². The van der Waals surface area contributed by atoms with E-state index in [4.69, 9.17) is 0 Å². The number of aliphatic hydroxyl groups is 1. The molecule has 0 aromatic carbocycles. The van der Waals surface area contributed by atoms with Gasteiger partial charge in [-0.2, -0.15) is 0 Å². The zero-order chi connectivity index (χ0) is 14.0. The molecule has 20 heavy (non-hydrogen) atoms. The molecule has 4 rings (SSSR count). The molecule has 0 saturated heterocycles. The number of aliphatic hydroxyl groups excluding tert-OH is 1. The van der Waals surface area contributed by atoms with Crippen LogP contribution in [-0.2, 0) is 0 Å². The highest BCUT2D eigenvalue weighted by atomic mass is 16.3. The van der Waals surface area contributed by atoms with E-state index in [1.807, 2.05) is 0 Å². The van der Waals surface area contributed by atoms with Gasteiger partial charge in [-0.05, 0) is 85.9 Å². The molecule has 4 fully saturated rings. The number of rotatable bonds is 0. The largest absolute Gasteiger partial charge is 0.393 e.